The van der Waals surface area contributed by atoms with Gasteiger partial charge >= 0.3 is 0 Å². The van der Waals surface area contributed by atoms with Crippen LogP contribution >= 0.6 is 11.6 Å². The highest BCUT2D eigenvalue weighted by Gasteiger charge is 2.12. The zero-order valence-electron chi connectivity index (χ0n) is 15.2. The SMILES string of the molecule is CC(C)c1ccccc1NC(=O)c1cnc(NCc2ccc(Cl)cc2)cn1. The second-order valence-corrected chi connectivity index (χ2v) is 6.90. The van der Waals surface area contributed by atoms with Crippen LogP contribution in [0, 0.1) is 0 Å². The number of nitrogens with one attached hydrogen (secondary N) is 2. The minimum Gasteiger partial charge on any atom is -0.365 e. The number of anilines is 2. The van der Waals surface area contributed by atoms with E-state index in [1.165, 1.54) is 6.20 Å². The molecule has 0 aliphatic rings. The van der Waals surface area contributed by atoms with Crippen LogP contribution in [0.3, 0.4) is 0 Å². The second-order valence-electron chi connectivity index (χ2n) is 6.46. The first-order valence-electron chi connectivity index (χ1n) is 8.73. The number of halogens is 1. The first-order chi connectivity index (χ1) is 13.0. The fourth-order valence-electron chi connectivity index (χ4n) is 2.63. The Hall–Kier alpha value is -2.92. The number of rotatable bonds is 6. The molecule has 0 aliphatic carbocycles. The van der Waals surface area contributed by atoms with Gasteiger partial charge in [0.2, 0.25) is 0 Å². The second kappa shape index (κ2) is 8.64. The van der Waals surface area contributed by atoms with Crippen LogP contribution in [0.1, 0.15) is 41.4 Å². The van der Waals surface area contributed by atoms with E-state index < -0.39 is 0 Å². The highest BCUT2D eigenvalue weighted by atomic mass is 35.5. The Morgan fingerprint density at radius 1 is 1.04 bits per heavy atom. The molecule has 0 aliphatic heterocycles. The van der Waals surface area contributed by atoms with E-state index >= 15 is 0 Å². The van der Waals surface area contributed by atoms with Crippen LogP contribution in [0.4, 0.5) is 11.5 Å². The van der Waals surface area contributed by atoms with Crippen molar-refractivity contribution in [2.45, 2.75) is 26.3 Å². The van der Waals surface area contributed by atoms with Crippen molar-refractivity contribution in [3.63, 3.8) is 0 Å². The van der Waals surface area contributed by atoms with Crippen LogP contribution in [0.15, 0.2) is 60.9 Å². The molecule has 0 unspecified atom stereocenters. The highest BCUT2D eigenvalue weighted by Crippen LogP contribution is 2.24. The number of amides is 1. The molecule has 0 fully saturated rings. The van der Waals surface area contributed by atoms with Crippen molar-refractivity contribution in [3.8, 4) is 0 Å². The summed E-state index contributed by atoms with van der Waals surface area (Å²) in [6.45, 7) is 4.77. The first kappa shape index (κ1) is 18.9. The lowest BCUT2D eigenvalue weighted by atomic mass is 10.0. The minimum atomic E-state index is -0.278. The number of para-hydroxylation sites is 1. The van der Waals surface area contributed by atoms with E-state index in [4.69, 9.17) is 11.6 Å². The number of carbonyl (C=O) groups excluding carboxylic acids is 1. The first-order valence-corrected chi connectivity index (χ1v) is 9.11. The maximum Gasteiger partial charge on any atom is 0.275 e. The number of hydrogen-bond acceptors (Lipinski definition) is 4. The Morgan fingerprint density at radius 3 is 2.44 bits per heavy atom. The van der Waals surface area contributed by atoms with Gasteiger partial charge < -0.3 is 10.6 Å². The Kier molecular flexibility index (Phi) is 6.04. The lowest BCUT2D eigenvalue weighted by molar-refractivity contribution is 0.102. The number of hydrogen-bond donors (Lipinski definition) is 2. The molecule has 138 valence electrons. The summed E-state index contributed by atoms with van der Waals surface area (Å²) in [6, 6.07) is 15.3. The third-order valence-electron chi connectivity index (χ3n) is 4.10. The molecule has 2 N–H and O–H groups in total. The summed E-state index contributed by atoms with van der Waals surface area (Å²) in [5.41, 5.74) is 3.23. The molecule has 1 amide bonds. The van der Waals surface area contributed by atoms with E-state index in [9.17, 15) is 4.79 Å². The van der Waals surface area contributed by atoms with Crippen molar-refractivity contribution in [3.05, 3.63) is 82.8 Å². The van der Waals surface area contributed by atoms with Gasteiger partial charge in [0, 0.05) is 17.3 Å². The van der Waals surface area contributed by atoms with Gasteiger partial charge in [0.05, 0.1) is 12.4 Å². The molecule has 0 saturated carbocycles. The van der Waals surface area contributed by atoms with E-state index in [0.717, 1.165) is 16.8 Å². The van der Waals surface area contributed by atoms with Gasteiger partial charge in [-0.2, -0.15) is 0 Å². The highest BCUT2D eigenvalue weighted by molar-refractivity contribution is 6.30. The van der Waals surface area contributed by atoms with Crippen LogP contribution in [-0.2, 0) is 6.54 Å². The van der Waals surface area contributed by atoms with E-state index in [0.29, 0.717) is 23.3 Å². The fourth-order valence-corrected chi connectivity index (χ4v) is 2.76. The molecule has 27 heavy (non-hydrogen) atoms. The van der Waals surface area contributed by atoms with Gasteiger partial charge in [-0.15, -0.1) is 0 Å². The zero-order valence-corrected chi connectivity index (χ0v) is 16.0. The van der Waals surface area contributed by atoms with E-state index in [1.807, 2.05) is 48.5 Å². The molecular weight excluding hydrogens is 360 g/mol. The molecule has 5 nitrogen and oxygen atoms in total. The number of nitrogens with zero attached hydrogens (tertiary/aromatic N) is 2. The fraction of sp³-hybridized carbons (Fsp3) is 0.190. The molecule has 0 spiro atoms. The lowest BCUT2D eigenvalue weighted by Gasteiger charge is -2.13. The van der Waals surface area contributed by atoms with Gasteiger partial charge in [-0.25, -0.2) is 9.97 Å². The van der Waals surface area contributed by atoms with Crippen LogP contribution in [0.5, 0.6) is 0 Å². The third-order valence-corrected chi connectivity index (χ3v) is 4.35. The average Bonchev–Trinajstić information content (AvgIpc) is 2.68. The van der Waals surface area contributed by atoms with Gasteiger partial charge in [-0.05, 0) is 35.2 Å². The Balaban J connectivity index is 1.63. The summed E-state index contributed by atoms with van der Waals surface area (Å²) in [5, 5.41) is 6.79. The maximum absolute atomic E-state index is 12.5. The standard InChI is InChI=1S/C21H21ClN4O/c1-14(2)17-5-3-4-6-18(17)26-21(27)19-12-25-20(13-23-19)24-11-15-7-9-16(22)10-8-15/h3-10,12-14H,11H2,1-2H3,(H,24,25)(H,26,27). The molecule has 1 heterocycles. The van der Waals surface area contributed by atoms with Gasteiger partial charge in [-0.3, -0.25) is 4.79 Å². The predicted molar refractivity (Wildman–Crippen MR) is 109 cm³/mol. The van der Waals surface area contributed by atoms with Gasteiger partial charge in [0.1, 0.15) is 11.5 Å². The van der Waals surface area contributed by atoms with E-state index in [2.05, 4.69) is 34.4 Å². The molecule has 1 aromatic heterocycles. The molecule has 3 rings (SSSR count). The van der Waals surface area contributed by atoms with Crippen LogP contribution in [0.25, 0.3) is 0 Å². The third kappa shape index (κ3) is 5.05. The van der Waals surface area contributed by atoms with Crippen molar-refractivity contribution in [1.29, 1.82) is 0 Å². The van der Waals surface area contributed by atoms with Gasteiger partial charge in [0.15, 0.2) is 0 Å². The van der Waals surface area contributed by atoms with Crippen molar-refractivity contribution in [2.24, 2.45) is 0 Å². The van der Waals surface area contributed by atoms with E-state index in [-0.39, 0.29) is 11.6 Å². The molecule has 6 heteroatoms. The number of aromatic nitrogens is 2. The summed E-state index contributed by atoms with van der Waals surface area (Å²) in [4.78, 5) is 21.0. The normalized spacial score (nSPS) is 10.7. The largest absolute Gasteiger partial charge is 0.365 e. The molecule has 2 aromatic carbocycles. The summed E-state index contributed by atoms with van der Waals surface area (Å²) in [5.74, 6) is 0.635. The maximum atomic E-state index is 12.5. The molecule has 0 radical (unpaired) electrons. The smallest absolute Gasteiger partial charge is 0.275 e. The lowest BCUT2D eigenvalue weighted by Crippen LogP contribution is -2.16. The monoisotopic (exact) mass is 380 g/mol. The van der Waals surface area contributed by atoms with Gasteiger partial charge in [-0.1, -0.05) is 55.8 Å². The quantitative estimate of drug-likeness (QED) is 0.623. The summed E-state index contributed by atoms with van der Waals surface area (Å²) >= 11 is 5.88. The predicted octanol–water partition coefficient (Wildman–Crippen LogP) is 5.12. The molecule has 0 saturated heterocycles. The van der Waals surface area contributed by atoms with Crippen molar-refractivity contribution in [1.82, 2.24) is 9.97 Å². The molecule has 0 atom stereocenters. The number of carbonyl (C=O) groups is 1. The van der Waals surface area contributed by atoms with Crippen LogP contribution in [0.2, 0.25) is 5.02 Å². The average molecular weight is 381 g/mol. The number of benzene rings is 2. The Labute approximate surface area is 163 Å². The molecule has 0 bridgehead atoms. The van der Waals surface area contributed by atoms with Crippen molar-refractivity contribution < 1.29 is 4.79 Å². The summed E-state index contributed by atoms with van der Waals surface area (Å²) in [6.07, 6.45) is 3.02. The van der Waals surface area contributed by atoms with Crippen molar-refractivity contribution in [2.75, 3.05) is 10.6 Å². The molecular formula is C21H21ClN4O. The summed E-state index contributed by atoms with van der Waals surface area (Å²) < 4.78 is 0. The van der Waals surface area contributed by atoms with Crippen molar-refractivity contribution >= 4 is 29.0 Å². The topological polar surface area (TPSA) is 66.9 Å². The summed E-state index contributed by atoms with van der Waals surface area (Å²) in [7, 11) is 0. The van der Waals surface area contributed by atoms with Gasteiger partial charge in [0.25, 0.3) is 5.91 Å². The Morgan fingerprint density at radius 2 is 1.78 bits per heavy atom. The van der Waals surface area contributed by atoms with E-state index in [1.54, 1.807) is 6.20 Å². The van der Waals surface area contributed by atoms with Crippen LogP contribution in [-0.4, -0.2) is 15.9 Å². The zero-order chi connectivity index (χ0) is 19.2. The van der Waals surface area contributed by atoms with Crippen LogP contribution < -0.4 is 10.6 Å². The minimum absolute atomic E-state index is 0.269. The Bertz CT molecular complexity index is 908. The molecule has 3 aromatic rings.